The number of nitrogens with one attached hydrogen (secondary N) is 1. The van der Waals surface area contributed by atoms with E-state index in [2.05, 4.69) is 64.2 Å². The van der Waals surface area contributed by atoms with Gasteiger partial charge in [0.05, 0.1) is 6.10 Å². The Morgan fingerprint density at radius 3 is 2.50 bits per heavy atom. The first kappa shape index (κ1) is 17.2. The Bertz CT molecular complexity index is 395. The lowest BCUT2D eigenvalue weighted by Gasteiger charge is -2.27. The second kappa shape index (κ2) is 7.80. The van der Waals surface area contributed by atoms with Crippen LogP contribution in [0.5, 0.6) is 0 Å². The van der Waals surface area contributed by atoms with E-state index in [4.69, 9.17) is 4.74 Å². The maximum absolute atomic E-state index is 5.45. The van der Waals surface area contributed by atoms with Gasteiger partial charge in [-0.3, -0.25) is 0 Å². The maximum Gasteiger partial charge on any atom is 0.0546 e. The Labute approximate surface area is 124 Å². The zero-order valence-corrected chi connectivity index (χ0v) is 14.0. The number of aryl methyl sites for hydroxylation is 1. The van der Waals surface area contributed by atoms with Crippen molar-refractivity contribution in [2.45, 2.75) is 59.1 Å². The smallest absolute Gasteiger partial charge is 0.0546 e. The monoisotopic (exact) mass is 277 g/mol. The fourth-order valence-corrected chi connectivity index (χ4v) is 2.43. The summed E-state index contributed by atoms with van der Waals surface area (Å²) in [5, 5.41) is 3.63. The summed E-state index contributed by atoms with van der Waals surface area (Å²) < 4.78 is 5.45. The SMILES string of the molecule is COC(C)CC(CNC(C)(C)C)Cc1cccc(C)c1. The molecule has 1 rings (SSSR count). The molecule has 0 aliphatic heterocycles. The number of rotatable bonds is 7. The number of ether oxygens (including phenoxy) is 1. The molecule has 0 heterocycles. The zero-order valence-electron chi connectivity index (χ0n) is 14.0. The Balaban J connectivity index is 2.66. The van der Waals surface area contributed by atoms with Crippen molar-refractivity contribution in [1.82, 2.24) is 5.32 Å². The van der Waals surface area contributed by atoms with Crippen LogP contribution < -0.4 is 5.32 Å². The minimum Gasteiger partial charge on any atom is -0.382 e. The van der Waals surface area contributed by atoms with Gasteiger partial charge in [0.15, 0.2) is 0 Å². The first-order chi connectivity index (χ1) is 9.30. The lowest BCUT2D eigenvalue weighted by molar-refractivity contribution is 0.0934. The van der Waals surface area contributed by atoms with Crippen LogP contribution in [0, 0.1) is 12.8 Å². The molecule has 20 heavy (non-hydrogen) atoms. The molecule has 0 amide bonds. The van der Waals surface area contributed by atoms with E-state index in [9.17, 15) is 0 Å². The first-order valence-electron chi connectivity index (χ1n) is 7.63. The molecular weight excluding hydrogens is 246 g/mol. The van der Waals surface area contributed by atoms with Gasteiger partial charge in [-0.05, 0) is 65.5 Å². The predicted molar refractivity (Wildman–Crippen MR) is 87.2 cm³/mol. The number of methoxy groups -OCH3 is 1. The van der Waals surface area contributed by atoms with Crippen molar-refractivity contribution in [3.8, 4) is 0 Å². The van der Waals surface area contributed by atoms with E-state index in [1.165, 1.54) is 11.1 Å². The molecule has 0 fully saturated rings. The second-order valence-corrected chi connectivity index (χ2v) is 6.97. The van der Waals surface area contributed by atoms with E-state index in [-0.39, 0.29) is 5.54 Å². The van der Waals surface area contributed by atoms with Crippen LogP contribution in [-0.2, 0) is 11.2 Å². The summed E-state index contributed by atoms with van der Waals surface area (Å²) >= 11 is 0. The van der Waals surface area contributed by atoms with Gasteiger partial charge in [0.25, 0.3) is 0 Å². The molecule has 2 atom stereocenters. The predicted octanol–water partition coefficient (Wildman–Crippen LogP) is 3.97. The summed E-state index contributed by atoms with van der Waals surface area (Å²) in [6.07, 6.45) is 2.51. The van der Waals surface area contributed by atoms with E-state index in [1.54, 1.807) is 7.11 Å². The van der Waals surface area contributed by atoms with Crippen molar-refractivity contribution in [3.05, 3.63) is 35.4 Å². The Hall–Kier alpha value is -0.860. The highest BCUT2D eigenvalue weighted by molar-refractivity contribution is 5.22. The summed E-state index contributed by atoms with van der Waals surface area (Å²) in [6, 6.07) is 8.83. The molecule has 0 aliphatic carbocycles. The Morgan fingerprint density at radius 1 is 1.25 bits per heavy atom. The lowest BCUT2D eigenvalue weighted by atomic mass is 9.92. The van der Waals surface area contributed by atoms with Crippen LogP contribution in [0.2, 0.25) is 0 Å². The molecule has 0 saturated heterocycles. The fraction of sp³-hybridized carbons (Fsp3) is 0.667. The van der Waals surface area contributed by atoms with Crippen molar-refractivity contribution in [3.63, 3.8) is 0 Å². The van der Waals surface area contributed by atoms with Gasteiger partial charge in [-0.25, -0.2) is 0 Å². The molecule has 2 unspecified atom stereocenters. The van der Waals surface area contributed by atoms with Crippen molar-refractivity contribution in [2.24, 2.45) is 5.92 Å². The molecule has 0 aromatic heterocycles. The van der Waals surface area contributed by atoms with E-state index >= 15 is 0 Å². The average Bonchev–Trinajstić information content (AvgIpc) is 2.35. The topological polar surface area (TPSA) is 21.3 Å². The normalized spacial score (nSPS) is 15.1. The van der Waals surface area contributed by atoms with Crippen molar-refractivity contribution in [1.29, 1.82) is 0 Å². The average molecular weight is 277 g/mol. The van der Waals surface area contributed by atoms with Gasteiger partial charge in [-0.15, -0.1) is 0 Å². The van der Waals surface area contributed by atoms with Crippen LogP contribution in [-0.4, -0.2) is 25.3 Å². The second-order valence-electron chi connectivity index (χ2n) is 6.97. The fourth-order valence-electron chi connectivity index (χ4n) is 2.43. The highest BCUT2D eigenvalue weighted by atomic mass is 16.5. The third-order valence-corrected chi connectivity index (χ3v) is 3.60. The van der Waals surface area contributed by atoms with E-state index in [0.29, 0.717) is 12.0 Å². The van der Waals surface area contributed by atoms with Crippen molar-refractivity contribution in [2.75, 3.05) is 13.7 Å². The van der Waals surface area contributed by atoms with Crippen molar-refractivity contribution >= 4 is 0 Å². The molecule has 0 aliphatic rings. The molecule has 1 aromatic rings. The van der Waals surface area contributed by atoms with Gasteiger partial charge >= 0.3 is 0 Å². The molecule has 1 N–H and O–H groups in total. The molecule has 0 saturated carbocycles. The molecule has 2 nitrogen and oxygen atoms in total. The molecule has 114 valence electrons. The Morgan fingerprint density at radius 2 is 1.95 bits per heavy atom. The maximum atomic E-state index is 5.45. The van der Waals surface area contributed by atoms with Gasteiger partial charge in [0, 0.05) is 12.6 Å². The molecule has 0 bridgehead atoms. The number of hydrogen-bond acceptors (Lipinski definition) is 2. The zero-order chi connectivity index (χ0) is 15.2. The van der Waals surface area contributed by atoms with Crippen LogP contribution >= 0.6 is 0 Å². The van der Waals surface area contributed by atoms with Crippen molar-refractivity contribution < 1.29 is 4.74 Å². The highest BCUT2D eigenvalue weighted by Gasteiger charge is 2.17. The van der Waals surface area contributed by atoms with Crippen LogP contribution in [0.25, 0.3) is 0 Å². The van der Waals surface area contributed by atoms with Gasteiger partial charge in [0.2, 0.25) is 0 Å². The third kappa shape index (κ3) is 7.06. The van der Waals surface area contributed by atoms with E-state index in [1.807, 2.05) is 0 Å². The van der Waals surface area contributed by atoms with Crippen LogP contribution in [0.15, 0.2) is 24.3 Å². The van der Waals surface area contributed by atoms with E-state index in [0.717, 1.165) is 19.4 Å². The summed E-state index contributed by atoms with van der Waals surface area (Å²) in [6.45, 7) is 12.0. The number of benzene rings is 1. The molecular formula is C18H31NO. The minimum absolute atomic E-state index is 0.168. The van der Waals surface area contributed by atoms with Gasteiger partial charge < -0.3 is 10.1 Å². The molecule has 1 aromatic carbocycles. The van der Waals surface area contributed by atoms with E-state index < -0.39 is 0 Å². The summed E-state index contributed by atoms with van der Waals surface area (Å²) in [4.78, 5) is 0. The third-order valence-electron chi connectivity index (χ3n) is 3.60. The van der Waals surface area contributed by atoms with Crippen LogP contribution in [0.1, 0.15) is 45.2 Å². The van der Waals surface area contributed by atoms with Gasteiger partial charge in [-0.1, -0.05) is 29.8 Å². The number of hydrogen-bond donors (Lipinski definition) is 1. The summed E-state index contributed by atoms with van der Waals surface area (Å²) in [5.74, 6) is 0.603. The minimum atomic E-state index is 0.168. The van der Waals surface area contributed by atoms with Crippen LogP contribution in [0.3, 0.4) is 0 Å². The summed E-state index contributed by atoms with van der Waals surface area (Å²) in [7, 11) is 1.80. The molecule has 0 radical (unpaired) electrons. The first-order valence-corrected chi connectivity index (χ1v) is 7.63. The lowest BCUT2D eigenvalue weighted by Crippen LogP contribution is -2.40. The molecule has 2 heteroatoms. The highest BCUT2D eigenvalue weighted by Crippen LogP contribution is 2.17. The largest absolute Gasteiger partial charge is 0.382 e. The molecule has 0 spiro atoms. The quantitative estimate of drug-likeness (QED) is 0.814. The Kier molecular flexibility index (Phi) is 6.70. The standard InChI is InChI=1S/C18H31NO/c1-14-8-7-9-16(10-14)12-17(11-15(2)20-6)13-19-18(3,4)5/h7-10,15,17,19H,11-13H2,1-6H3. The van der Waals surface area contributed by atoms with Crippen LogP contribution in [0.4, 0.5) is 0 Å². The van der Waals surface area contributed by atoms with Gasteiger partial charge in [-0.2, -0.15) is 0 Å². The summed E-state index contributed by atoms with van der Waals surface area (Å²) in [5.41, 5.74) is 2.93. The van der Waals surface area contributed by atoms with Gasteiger partial charge in [0.1, 0.15) is 0 Å².